The Morgan fingerprint density at radius 2 is 2.26 bits per heavy atom. The van der Waals surface area contributed by atoms with E-state index in [4.69, 9.17) is 14.3 Å². The Morgan fingerprint density at radius 3 is 3.05 bits per heavy atom. The van der Waals surface area contributed by atoms with Crippen molar-refractivity contribution in [3.8, 4) is 5.75 Å². The molecule has 6 heteroatoms. The molecule has 0 bridgehead atoms. The van der Waals surface area contributed by atoms with Crippen LogP contribution in [0.4, 0.5) is 0 Å². The van der Waals surface area contributed by atoms with Gasteiger partial charge in [0.2, 0.25) is 5.76 Å². The molecule has 0 fully saturated rings. The van der Waals surface area contributed by atoms with Gasteiger partial charge in [-0.15, -0.1) is 11.3 Å². The highest BCUT2D eigenvalue weighted by Crippen LogP contribution is 2.24. The van der Waals surface area contributed by atoms with Gasteiger partial charge in [0.05, 0.1) is 15.7 Å². The first kappa shape index (κ1) is 11.7. The van der Waals surface area contributed by atoms with E-state index < -0.39 is 5.97 Å². The zero-order valence-corrected chi connectivity index (χ0v) is 10.5. The van der Waals surface area contributed by atoms with Crippen LogP contribution in [-0.4, -0.2) is 16.1 Å². The molecule has 0 aliphatic carbocycles. The molecule has 3 rings (SSSR count). The minimum Gasteiger partial charge on any atom is -0.486 e. The maximum absolute atomic E-state index is 10.7. The molecular formula is C13H9NO4S. The summed E-state index contributed by atoms with van der Waals surface area (Å²) in [5.41, 5.74) is 2.71. The number of ether oxygens (including phenoxy) is 1. The van der Waals surface area contributed by atoms with Gasteiger partial charge in [0.15, 0.2) is 0 Å². The number of fused-ring (bicyclic) bond motifs is 1. The lowest BCUT2D eigenvalue weighted by molar-refractivity contribution is 0.0658. The van der Waals surface area contributed by atoms with E-state index in [1.165, 1.54) is 17.4 Å². The summed E-state index contributed by atoms with van der Waals surface area (Å²) in [6.45, 7) is 0.192. The van der Waals surface area contributed by atoms with Gasteiger partial charge in [-0.2, -0.15) is 0 Å². The molecule has 0 amide bonds. The fourth-order valence-corrected chi connectivity index (χ4v) is 2.36. The molecule has 2 aromatic heterocycles. The van der Waals surface area contributed by atoms with Gasteiger partial charge in [0.1, 0.15) is 18.1 Å². The molecule has 2 heterocycles. The van der Waals surface area contributed by atoms with Crippen LogP contribution in [-0.2, 0) is 6.61 Å². The topological polar surface area (TPSA) is 72.6 Å². The van der Waals surface area contributed by atoms with Crippen molar-refractivity contribution >= 4 is 27.5 Å². The first-order chi connectivity index (χ1) is 9.22. The van der Waals surface area contributed by atoms with Crippen molar-refractivity contribution in [3.05, 3.63) is 47.4 Å². The SMILES string of the molecule is O=C(O)c1ccc(COc2ccc3ncsc3c2)o1. The van der Waals surface area contributed by atoms with Crippen LogP contribution in [0.3, 0.4) is 0 Å². The molecule has 0 radical (unpaired) electrons. The first-order valence-corrected chi connectivity index (χ1v) is 6.38. The van der Waals surface area contributed by atoms with Crippen molar-refractivity contribution in [1.82, 2.24) is 4.98 Å². The highest BCUT2D eigenvalue weighted by atomic mass is 32.1. The highest BCUT2D eigenvalue weighted by Gasteiger charge is 2.09. The molecule has 0 aliphatic rings. The number of aromatic nitrogens is 1. The number of carboxylic acids is 1. The largest absolute Gasteiger partial charge is 0.486 e. The van der Waals surface area contributed by atoms with Crippen LogP contribution in [0.2, 0.25) is 0 Å². The van der Waals surface area contributed by atoms with E-state index in [0.717, 1.165) is 10.2 Å². The van der Waals surface area contributed by atoms with E-state index in [0.29, 0.717) is 11.5 Å². The van der Waals surface area contributed by atoms with Gasteiger partial charge < -0.3 is 14.3 Å². The third-order valence-corrected chi connectivity index (χ3v) is 3.35. The zero-order valence-electron chi connectivity index (χ0n) is 9.70. The standard InChI is InChI=1S/C13H9NO4S/c15-13(16)11-4-2-9(18-11)6-17-8-1-3-10-12(5-8)19-7-14-10/h1-5,7H,6H2,(H,15,16). The molecule has 0 unspecified atom stereocenters. The van der Waals surface area contributed by atoms with Crippen LogP contribution >= 0.6 is 11.3 Å². The van der Waals surface area contributed by atoms with Crippen LogP contribution in [0.25, 0.3) is 10.2 Å². The predicted octanol–water partition coefficient (Wildman–Crippen LogP) is 3.17. The molecular weight excluding hydrogens is 266 g/mol. The number of nitrogens with zero attached hydrogens (tertiary/aromatic N) is 1. The number of benzene rings is 1. The van der Waals surface area contributed by atoms with Crippen molar-refractivity contribution in [3.63, 3.8) is 0 Å². The summed E-state index contributed by atoms with van der Waals surface area (Å²) in [5, 5.41) is 8.74. The Balaban J connectivity index is 1.72. The molecule has 0 spiro atoms. The minimum atomic E-state index is -1.09. The molecule has 0 aliphatic heterocycles. The molecule has 5 nitrogen and oxygen atoms in total. The summed E-state index contributed by atoms with van der Waals surface area (Å²) < 4.78 is 11.7. The van der Waals surface area contributed by atoms with Crippen molar-refractivity contribution in [2.45, 2.75) is 6.61 Å². The minimum absolute atomic E-state index is 0.0866. The van der Waals surface area contributed by atoms with E-state index in [-0.39, 0.29) is 12.4 Å². The lowest BCUT2D eigenvalue weighted by atomic mass is 10.3. The zero-order chi connectivity index (χ0) is 13.2. The molecule has 3 aromatic rings. The summed E-state index contributed by atoms with van der Waals surface area (Å²) in [7, 11) is 0. The maximum atomic E-state index is 10.7. The van der Waals surface area contributed by atoms with E-state index in [1.807, 2.05) is 18.2 Å². The number of thiazole rings is 1. The molecule has 1 aromatic carbocycles. The smallest absolute Gasteiger partial charge is 0.371 e. The Labute approximate surface area is 112 Å². The monoisotopic (exact) mass is 275 g/mol. The second-order valence-corrected chi connectivity index (χ2v) is 4.73. The molecule has 0 saturated carbocycles. The van der Waals surface area contributed by atoms with E-state index in [9.17, 15) is 4.79 Å². The molecule has 19 heavy (non-hydrogen) atoms. The van der Waals surface area contributed by atoms with Crippen LogP contribution in [0.5, 0.6) is 5.75 Å². The third-order valence-electron chi connectivity index (χ3n) is 2.56. The second-order valence-electron chi connectivity index (χ2n) is 3.84. The maximum Gasteiger partial charge on any atom is 0.371 e. The summed E-state index contributed by atoms with van der Waals surface area (Å²) in [6, 6.07) is 8.60. The average molecular weight is 275 g/mol. The van der Waals surface area contributed by atoms with Crippen molar-refractivity contribution in [1.29, 1.82) is 0 Å². The summed E-state index contributed by atoms with van der Waals surface area (Å²) in [5.74, 6) is 0.000616. The first-order valence-electron chi connectivity index (χ1n) is 5.50. The van der Waals surface area contributed by atoms with Gasteiger partial charge >= 0.3 is 5.97 Å². The van der Waals surface area contributed by atoms with Gasteiger partial charge in [-0.1, -0.05) is 0 Å². The predicted molar refractivity (Wildman–Crippen MR) is 69.6 cm³/mol. The Bertz CT molecular complexity index is 731. The fraction of sp³-hybridized carbons (Fsp3) is 0.0769. The lowest BCUT2D eigenvalue weighted by Crippen LogP contribution is -1.95. The van der Waals surface area contributed by atoms with Gasteiger partial charge in [0.25, 0.3) is 0 Å². The van der Waals surface area contributed by atoms with Crippen LogP contribution in [0.1, 0.15) is 16.3 Å². The number of rotatable bonds is 4. The molecule has 1 N–H and O–H groups in total. The number of carbonyl (C=O) groups is 1. The Kier molecular flexibility index (Phi) is 2.92. The quantitative estimate of drug-likeness (QED) is 0.791. The highest BCUT2D eigenvalue weighted by molar-refractivity contribution is 7.16. The van der Waals surface area contributed by atoms with Crippen molar-refractivity contribution in [2.24, 2.45) is 0 Å². The fourth-order valence-electron chi connectivity index (χ4n) is 1.65. The van der Waals surface area contributed by atoms with Crippen molar-refractivity contribution < 1.29 is 19.1 Å². The number of hydrogen-bond acceptors (Lipinski definition) is 5. The number of aromatic carboxylic acids is 1. The normalized spacial score (nSPS) is 10.7. The summed E-state index contributed by atoms with van der Waals surface area (Å²) in [6.07, 6.45) is 0. The van der Waals surface area contributed by atoms with Gasteiger partial charge in [-0.25, -0.2) is 9.78 Å². The number of hydrogen-bond donors (Lipinski definition) is 1. The van der Waals surface area contributed by atoms with Crippen molar-refractivity contribution in [2.75, 3.05) is 0 Å². The average Bonchev–Trinajstić information content (AvgIpc) is 3.04. The van der Waals surface area contributed by atoms with Gasteiger partial charge in [0, 0.05) is 0 Å². The van der Waals surface area contributed by atoms with Crippen LogP contribution < -0.4 is 4.74 Å². The summed E-state index contributed by atoms with van der Waals surface area (Å²) >= 11 is 1.54. The number of furan rings is 1. The van der Waals surface area contributed by atoms with Crippen LogP contribution in [0.15, 0.2) is 40.3 Å². The molecule has 0 atom stereocenters. The van der Waals surface area contributed by atoms with Gasteiger partial charge in [-0.3, -0.25) is 0 Å². The lowest BCUT2D eigenvalue weighted by Gasteiger charge is -2.03. The summed E-state index contributed by atoms with van der Waals surface area (Å²) in [4.78, 5) is 14.8. The Morgan fingerprint density at radius 1 is 1.37 bits per heavy atom. The number of carboxylic acid groups (broad SMARTS) is 1. The third kappa shape index (κ3) is 2.43. The molecule has 0 saturated heterocycles. The second kappa shape index (κ2) is 4.74. The van der Waals surface area contributed by atoms with E-state index in [2.05, 4.69) is 4.98 Å². The van der Waals surface area contributed by atoms with Gasteiger partial charge in [-0.05, 0) is 30.3 Å². The van der Waals surface area contributed by atoms with E-state index in [1.54, 1.807) is 11.6 Å². The van der Waals surface area contributed by atoms with E-state index >= 15 is 0 Å². The molecule has 96 valence electrons. The van der Waals surface area contributed by atoms with Crippen LogP contribution in [0, 0.1) is 0 Å². The Hall–Kier alpha value is -2.34.